The van der Waals surface area contributed by atoms with Gasteiger partial charge in [0.15, 0.2) is 0 Å². The molecule has 1 aromatic rings. The minimum atomic E-state index is -0.649. The Balaban J connectivity index is 2.18. The van der Waals surface area contributed by atoms with Crippen molar-refractivity contribution in [3.63, 3.8) is 0 Å². The first-order chi connectivity index (χ1) is 8.32. The second-order valence-electron chi connectivity index (χ2n) is 5.66. The molecule has 0 amide bonds. The van der Waals surface area contributed by atoms with Crippen molar-refractivity contribution in [2.75, 3.05) is 13.6 Å². The first-order valence-corrected chi connectivity index (χ1v) is 6.81. The van der Waals surface area contributed by atoms with Gasteiger partial charge in [-0.15, -0.1) is 0 Å². The molecule has 1 aromatic heterocycles. The number of halogens is 1. The van der Waals surface area contributed by atoms with E-state index in [-0.39, 0.29) is 0 Å². The number of rotatable bonds is 2. The molecule has 5 heteroatoms. The van der Waals surface area contributed by atoms with Gasteiger partial charge in [0, 0.05) is 31.6 Å². The molecule has 2 heterocycles. The van der Waals surface area contributed by atoms with Crippen LogP contribution in [0.25, 0.3) is 0 Å². The molecule has 1 N–H and O–H groups in total. The van der Waals surface area contributed by atoms with Crippen molar-refractivity contribution in [2.45, 2.75) is 44.8 Å². The van der Waals surface area contributed by atoms with Gasteiger partial charge in [0.25, 0.3) is 0 Å². The lowest BCUT2D eigenvalue weighted by Gasteiger charge is -2.41. The van der Waals surface area contributed by atoms with Gasteiger partial charge in [0.05, 0.1) is 11.3 Å². The van der Waals surface area contributed by atoms with E-state index in [1.165, 1.54) is 0 Å². The molecule has 0 radical (unpaired) electrons. The topological polar surface area (TPSA) is 41.3 Å². The third kappa shape index (κ3) is 2.56. The summed E-state index contributed by atoms with van der Waals surface area (Å²) in [4.78, 5) is 2.28. The minimum absolute atomic E-state index is 0.402. The molecule has 0 saturated carbocycles. The Morgan fingerprint density at radius 1 is 1.50 bits per heavy atom. The quantitative estimate of drug-likeness (QED) is 0.891. The monoisotopic (exact) mass is 271 g/mol. The summed E-state index contributed by atoms with van der Waals surface area (Å²) in [5.41, 5.74) is 1.25. The summed E-state index contributed by atoms with van der Waals surface area (Å²) >= 11 is 6.24. The van der Waals surface area contributed by atoms with Gasteiger partial charge in [-0.25, -0.2) is 0 Å². The summed E-state index contributed by atoms with van der Waals surface area (Å²) in [6.07, 6.45) is 2.18. The average molecular weight is 272 g/mol. The third-order valence-corrected chi connectivity index (χ3v) is 4.61. The maximum atomic E-state index is 10.7. The number of aliphatic hydroxyl groups is 1. The van der Waals surface area contributed by atoms with Crippen molar-refractivity contribution in [3.8, 4) is 0 Å². The molecule has 0 aliphatic carbocycles. The normalized spacial score (nSPS) is 29.8. The van der Waals surface area contributed by atoms with Gasteiger partial charge >= 0.3 is 0 Å². The van der Waals surface area contributed by atoms with Gasteiger partial charge < -0.3 is 10.0 Å². The summed E-state index contributed by atoms with van der Waals surface area (Å²) in [7, 11) is 3.94. The van der Waals surface area contributed by atoms with Crippen LogP contribution < -0.4 is 0 Å². The van der Waals surface area contributed by atoms with Gasteiger partial charge in [-0.3, -0.25) is 4.68 Å². The highest BCUT2D eigenvalue weighted by Gasteiger charge is 2.36. The molecule has 0 spiro atoms. The van der Waals surface area contributed by atoms with Crippen molar-refractivity contribution in [3.05, 3.63) is 16.4 Å². The molecular weight excluding hydrogens is 250 g/mol. The predicted molar refractivity (Wildman–Crippen MR) is 72.9 cm³/mol. The van der Waals surface area contributed by atoms with Crippen LogP contribution in [0.4, 0.5) is 0 Å². The molecule has 4 nitrogen and oxygen atoms in total. The summed E-state index contributed by atoms with van der Waals surface area (Å²) < 4.78 is 1.67. The van der Waals surface area contributed by atoms with Crippen molar-refractivity contribution < 1.29 is 5.11 Å². The Labute approximate surface area is 114 Å². The van der Waals surface area contributed by atoms with E-state index in [0.29, 0.717) is 17.6 Å². The summed E-state index contributed by atoms with van der Waals surface area (Å²) in [5, 5.41) is 15.7. The zero-order valence-electron chi connectivity index (χ0n) is 11.6. The van der Waals surface area contributed by atoms with Crippen molar-refractivity contribution in [2.24, 2.45) is 7.05 Å². The second kappa shape index (κ2) is 4.83. The van der Waals surface area contributed by atoms with Crippen LogP contribution in [0, 0.1) is 6.92 Å². The molecule has 1 aliphatic rings. The smallest absolute Gasteiger partial charge is 0.130 e. The number of piperidine rings is 1. The number of hydrogen-bond acceptors (Lipinski definition) is 3. The first kappa shape index (κ1) is 13.8. The molecule has 2 atom stereocenters. The van der Waals surface area contributed by atoms with Crippen molar-refractivity contribution in [1.29, 1.82) is 0 Å². The number of aryl methyl sites for hydroxylation is 2. The predicted octanol–water partition coefficient (Wildman–Crippen LogP) is 1.77. The number of aromatic nitrogens is 2. The van der Waals surface area contributed by atoms with E-state index < -0.39 is 5.60 Å². The van der Waals surface area contributed by atoms with Gasteiger partial charge in [-0.1, -0.05) is 11.6 Å². The molecule has 1 fully saturated rings. The zero-order valence-corrected chi connectivity index (χ0v) is 12.3. The fourth-order valence-electron chi connectivity index (χ4n) is 2.78. The molecular formula is C13H22ClN3O. The summed E-state index contributed by atoms with van der Waals surface area (Å²) in [5.74, 6) is 0. The zero-order chi connectivity index (χ0) is 13.5. The fourth-order valence-corrected chi connectivity index (χ4v) is 3.02. The summed E-state index contributed by atoms with van der Waals surface area (Å²) in [6, 6.07) is 0.402. The second-order valence-corrected chi connectivity index (χ2v) is 6.02. The fraction of sp³-hybridized carbons (Fsp3) is 0.769. The maximum absolute atomic E-state index is 10.7. The largest absolute Gasteiger partial charge is 0.389 e. The van der Waals surface area contributed by atoms with E-state index >= 15 is 0 Å². The Bertz CT molecular complexity index is 446. The van der Waals surface area contributed by atoms with Crippen LogP contribution in [0.15, 0.2) is 0 Å². The standard InChI is InChI=1S/C13H22ClN3O/c1-9-7-13(18,5-6-16(9)3)8-11-10(2)15-17(4)12(11)14/h9,18H,5-8H2,1-4H3. The number of nitrogens with zero attached hydrogens (tertiary/aromatic N) is 3. The Kier molecular flexibility index (Phi) is 3.72. The van der Waals surface area contributed by atoms with Crippen LogP contribution in [-0.2, 0) is 13.5 Å². The van der Waals surface area contributed by atoms with Gasteiger partial charge in [0.2, 0.25) is 0 Å². The lowest BCUT2D eigenvalue weighted by molar-refractivity contribution is -0.0354. The van der Waals surface area contributed by atoms with Crippen LogP contribution in [0.5, 0.6) is 0 Å². The van der Waals surface area contributed by atoms with E-state index in [4.69, 9.17) is 11.6 Å². The van der Waals surface area contributed by atoms with E-state index in [0.717, 1.165) is 30.6 Å². The lowest BCUT2D eigenvalue weighted by Crippen LogP contribution is -2.48. The molecule has 102 valence electrons. The lowest BCUT2D eigenvalue weighted by atomic mass is 9.82. The van der Waals surface area contributed by atoms with Crippen molar-refractivity contribution in [1.82, 2.24) is 14.7 Å². The summed E-state index contributed by atoms with van der Waals surface area (Å²) in [6.45, 7) is 5.03. The Morgan fingerprint density at radius 2 is 2.17 bits per heavy atom. The van der Waals surface area contributed by atoms with E-state index in [2.05, 4.69) is 24.0 Å². The van der Waals surface area contributed by atoms with Crippen molar-refractivity contribution >= 4 is 11.6 Å². The minimum Gasteiger partial charge on any atom is -0.389 e. The highest BCUT2D eigenvalue weighted by molar-refractivity contribution is 6.30. The van der Waals surface area contributed by atoms with Crippen LogP contribution >= 0.6 is 11.6 Å². The molecule has 2 unspecified atom stereocenters. The highest BCUT2D eigenvalue weighted by Crippen LogP contribution is 2.32. The molecule has 1 aliphatic heterocycles. The van der Waals surface area contributed by atoms with Gasteiger partial charge in [-0.05, 0) is 33.7 Å². The van der Waals surface area contributed by atoms with E-state index in [9.17, 15) is 5.11 Å². The third-order valence-electron chi connectivity index (χ3n) is 4.13. The maximum Gasteiger partial charge on any atom is 0.130 e. The average Bonchev–Trinajstić information content (AvgIpc) is 2.51. The molecule has 2 rings (SSSR count). The number of likely N-dealkylation sites (tertiary alicyclic amines) is 1. The molecule has 0 aromatic carbocycles. The molecule has 18 heavy (non-hydrogen) atoms. The molecule has 1 saturated heterocycles. The van der Waals surface area contributed by atoms with Crippen LogP contribution in [0.3, 0.4) is 0 Å². The van der Waals surface area contributed by atoms with Gasteiger partial charge in [-0.2, -0.15) is 5.10 Å². The Morgan fingerprint density at radius 3 is 2.67 bits per heavy atom. The van der Waals surface area contributed by atoms with E-state index in [1.807, 2.05) is 14.0 Å². The highest BCUT2D eigenvalue weighted by atomic mass is 35.5. The van der Waals surface area contributed by atoms with Crippen LogP contribution in [-0.4, -0.2) is 45.0 Å². The molecule has 0 bridgehead atoms. The Hall–Kier alpha value is -0.580. The first-order valence-electron chi connectivity index (χ1n) is 6.43. The van der Waals surface area contributed by atoms with Crippen LogP contribution in [0.1, 0.15) is 31.0 Å². The SMILES string of the molecule is Cc1nn(C)c(Cl)c1CC1(O)CCN(C)C(C)C1. The van der Waals surface area contributed by atoms with Crippen LogP contribution in [0.2, 0.25) is 5.15 Å². The number of hydrogen-bond donors (Lipinski definition) is 1. The van der Waals surface area contributed by atoms with Gasteiger partial charge in [0.1, 0.15) is 5.15 Å². The van der Waals surface area contributed by atoms with E-state index in [1.54, 1.807) is 4.68 Å².